The second kappa shape index (κ2) is 7.75. The van der Waals surface area contributed by atoms with Crippen LogP contribution >= 0.6 is 0 Å². The first-order valence-electron chi connectivity index (χ1n) is 8.90. The van der Waals surface area contributed by atoms with Gasteiger partial charge in [0.05, 0.1) is 12.1 Å². The Morgan fingerprint density at radius 2 is 1.93 bits per heavy atom. The highest BCUT2D eigenvalue weighted by Crippen LogP contribution is 2.15. The molecule has 2 amide bonds. The van der Waals surface area contributed by atoms with Crippen molar-refractivity contribution in [3.05, 3.63) is 69.1 Å². The summed E-state index contributed by atoms with van der Waals surface area (Å²) in [6, 6.07) is 9.91. The molecule has 2 heterocycles. The van der Waals surface area contributed by atoms with Crippen LogP contribution in [0, 0.1) is 13.8 Å². The Balaban J connectivity index is 1.65. The van der Waals surface area contributed by atoms with Gasteiger partial charge in [-0.05, 0) is 44.0 Å². The van der Waals surface area contributed by atoms with Crippen LogP contribution in [0.2, 0.25) is 0 Å². The van der Waals surface area contributed by atoms with Gasteiger partial charge >= 0.3 is 0 Å². The smallest absolute Gasteiger partial charge is 0.261 e. The van der Waals surface area contributed by atoms with Crippen molar-refractivity contribution in [2.75, 3.05) is 13.1 Å². The average Bonchev–Trinajstić information content (AvgIpc) is 2.66. The number of carbonyl (C=O) groups is 2. The molecule has 1 aromatic carbocycles. The number of rotatable bonds is 3. The zero-order valence-corrected chi connectivity index (χ0v) is 15.4. The molecule has 0 saturated carbocycles. The molecule has 1 aliphatic rings. The first kappa shape index (κ1) is 18.8. The number of piperidine rings is 1. The van der Waals surface area contributed by atoms with E-state index in [1.165, 1.54) is 0 Å². The number of aryl methyl sites for hydroxylation is 2. The van der Waals surface area contributed by atoms with Gasteiger partial charge in [-0.3, -0.25) is 14.4 Å². The zero-order valence-electron chi connectivity index (χ0n) is 15.4. The Kier molecular flexibility index (Phi) is 5.41. The lowest BCUT2D eigenvalue weighted by atomic mass is 10.00. The van der Waals surface area contributed by atoms with Gasteiger partial charge in [0, 0.05) is 24.3 Å². The van der Waals surface area contributed by atoms with Crippen LogP contribution in [0.1, 0.15) is 38.4 Å². The molecule has 7 heteroatoms. The van der Waals surface area contributed by atoms with E-state index in [9.17, 15) is 19.5 Å². The summed E-state index contributed by atoms with van der Waals surface area (Å²) in [6.45, 7) is 4.12. The molecular weight excluding hydrogens is 346 g/mol. The number of β-amino-alcohol motifs (C(OH)–C–C–N with tert-alkyl or cyclic N) is 1. The van der Waals surface area contributed by atoms with E-state index < -0.39 is 23.6 Å². The molecule has 0 spiro atoms. The van der Waals surface area contributed by atoms with E-state index in [4.69, 9.17) is 0 Å². The van der Waals surface area contributed by atoms with Gasteiger partial charge in [0.2, 0.25) is 0 Å². The number of amides is 2. The van der Waals surface area contributed by atoms with Gasteiger partial charge < -0.3 is 20.3 Å². The van der Waals surface area contributed by atoms with Crippen molar-refractivity contribution in [2.45, 2.75) is 32.4 Å². The van der Waals surface area contributed by atoms with Gasteiger partial charge in [-0.2, -0.15) is 0 Å². The highest BCUT2D eigenvalue weighted by Gasteiger charge is 2.32. The van der Waals surface area contributed by atoms with E-state index in [1.807, 2.05) is 13.0 Å². The first-order chi connectivity index (χ1) is 12.9. The number of likely N-dealkylation sites (tertiary alicyclic amines) is 1. The van der Waals surface area contributed by atoms with E-state index in [1.54, 1.807) is 42.2 Å². The van der Waals surface area contributed by atoms with Crippen molar-refractivity contribution in [3.63, 3.8) is 0 Å². The molecule has 1 aliphatic heterocycles. The van der Waals surface area contributed by atoms with Gasteiger partial charge in [0.1, 0.15) is 5.56 Å². The fourth-order valence-electron chi connectivity index (χ4n) is 3.19. The predicted octanol–water partition coefficient (Wildman–Crippen LogP) is 0.997. The zero-order chi connectivity index (χ0) is 19.6. The number of aromatic nitrogens is 1. The summed E-state index contributed by atoms with van der Waals surface area (Å²) in [5.74, 6) is -0.670. The van der Waals surface area contributed by atoms with Crippen molar-refractivity contribution >= 4 is 11.8 Å². The van der Waals surface area contributed by atoms with Crippen molar-refractivity contribution < 1.29 is 14.7 Å². The summed E-state index contributed by atoms with van der Waals surface area (Å²) >= 11 is 0. The van der Waals surface area contributed by atoms with Gasteiger partial charge in [-0.25, -0.2) is 0 Å². The number of H-pyrrole nitrogens is 1. The van der Waals surface area contributed by atoms with Crippen molar-refractivity contribution in [1.82, 2.24) is 15.2 Å². The maximum atomic E-state index is 12.5. The minimum atomic E-state index is -0.902. The number of aromatic amines is 1. The molecule has 7 nitrogen and oxygen atoms in total. The van der Waals surface area contributed by atoms with Crippen LogP contribution in [0.3, 0.4) is 0 Å². The van der Waals surface area contributed by atoms with E-state index in [2.05, 4.69) is 10.3 Å². The maximum absolute atomic E-state index is 12.5. The van der Waals surface area contributed by atoms with Gasteiger partial charge in [0.15, 0.2) is 0 Å². The summed E-state index contributed by atoms with van der Waals surface area (Å²) in [4.78, 5) is 41.2. The first-order valence-corrected chi connectivity index (χ1v) is 8.90. The Morgan fingerprint density at radius 3 is 2.59 bits per heavy atom. The third-order valence-electron chi connectivity index (χ3n) is 4.95. The molecule has 1 aromatic heterocycles. The van der Waals surface area contributed by atoms with Crippen molar-refractivity contribution in [3.8, 4) is 0 Å². The summed E-state index contributed by atoms with van der Waals surface area (Å²) in [5.41, 5.74) is 1.65. The number of hydrogen-bond acceptors (Lipinski definition) is 4. The number of nitrogens with zero attached hydrogens (tertiary/aromatic N) is 1. The van der Waals surface area contributed by atoms with E-state index in [-0.39, 0.29) is 18.0 Å². The van der Waals surface area contributed by atoms with E-state index in [0.717, 1.165) is 5.56 Å². The van der Waals surface area contributed by atoms with Gasteiger partial charge in [-0.1, -0.05) is 18.2 Å². The van der Waals surface area contributed by atoms with Crippen LogP contribution in [-0.4, -0.2) is 52.0 Å². The topological polar surface area (TPSA) is 102 Å². The van der Waals surface area contributed by atoms with Crippen LogP contribution in [0.5, 0.6) is 0 Å². The summed E-state index contributed by atoms with van der Waals surface area (Å²) in [6.07, 6.45) is -0.491. The van der Waals surface area contributed by atoms with E-state index >= 15 is 0 Å². The molecule has 1 fully saturated rings. The van der Waals surface area contributed by atoms with Gasteiger partial charge in [-0.15, -0.1) is 0 Å². The molecule has 0 bridgehead atoms. The number of hydrogen-bond donors (Lipinski definition) is 3. The fourth-order valence-corrected chi connectivity index (χ4v) is 3.19. The largest absolute Gasteiger partial charge is 0.389 e. The number of benzene rings is 1. The highest BCUT2D eigenvalue weighted by molar-refractivity contribution is 5.95. The molecule has 0 aliphatic carbocycles. The second-order valence-corrected chi connectivity index (χ2v) is 6.87. The molecule has 2 aromatic rings. The Bertz CT molecular complexity index is 907. The van der Waals surface area contributed by atoms with Crippen LogP contribution in [0.25, 0.3) is 0 Å². The lowest BCUT2D eigenvalue weighted by Crippen LogP contribution is -2.55. The Morgan fingerprint density at radius 1 is 1.22 bits per heavy atom. The molecule has 27 heavy (non-hydrogen) atoms. The third kappa shape index (κ3) is 4.09. The molecular formula is C20H23N3O4. The van der Waals surface area contributed by atoms with Crippen LogP contribution in [0.15, 0.2) is 41.2 Å². The minimum Gasteiger partial charge on any atom is -0.389 e. The number of aliphatic hydroxyl groups excluding tert-OH is 1. The molecule has 142 valence electrons. The highest BCUT2D eigenvalue weighted by atomic mass is 16.3. The Hall–Kier alpha value is -2.93. The summed E-state index contributed by atoms with van der Waals surface area (Å²) in [5, 5.41) is 13.1. The summed E-state index contributed by atoms with van der Waals surface area (Å²) < 4.78 is 0. The number of pyridine rings is 1. The quantitative estimate of drug-likeness (QED) is 0.751. The van der Waals surface area contributed by atoms with Crippen LogP contribution < -0.4 is 10.9 Å². The molecule has 3 N–H and O–H groups in total. The van der Waals surface area contributed by atoms with Gasteiger partial charge in [0.25, 0.3) is 17.4 Å². The molecule has 1 saturated heterocycles. The summed E-state index contributed by atoms with van der Waals surface area (Å²) in [7, 11) is 0. The number of carbonyl (C=O) groups excluding carboxylic acids is 2. The predicted molar refractivity (Wildman–Crippen MR) is 101 cm³/mol. The normalized spacial score (nSPS) is 19.6. The second-order valence-electron chi connectivity index (χ2n) is 6.87. The number of aliphatic hydroxyl groups is 1. The fraction of sp³-hybridized carbons (Fsp3) is 0.350. The Labute approximate surface area is 157 Å². The molecule has 0 unspecified atom stereocenters. The monoisotopic (exact) mass is 369 g/mol. The third-order valence-corrected chi connectivity index (χ3v) is 4.95. The lowest BCUT2D eigenvalue weighted by Gasteiger charge is -2.36. The standard InChI is InChI=1S/C20H23N3O4/c1-12-10-15(18(25)21-13(12)2)19(26)22-16-8-9-23(11-17(16)24)20(27)14-6-4-3-5-7-14/h3-7,10,16-17,24H,8-9,11H2,1-2H3,(H,21,25)(H,22,26)/t16-,17-/m1/s1. The molecule has 2 atom stereocenters. The van der Waals surface area contributed by atoms with Crippen molar-refractivity contribution in [2.24, 2.45) is 0 Å². The van der Waals surface area contributed by atoms with Crippen molar-refractivity contribution in [1.29, 1.82) is 0 Å². The maximum Gasteiger partial charge on any atom is 0.261 e. The van der Waals surface area contributed by atoms with E-state index in [0.29, 0.717) is 24.2 Å². The SMILES string of the molecule is Cc1cc(C(=O)N[C@@H]2CCN(C(=O)c3ccccc3)C[C@H]2O)c(=O)[nH]c1C. The van der Waals surface area contributed by atoms with Crippen LogP contribution in [0.4, 0.5) is 0 Å². The average molecular weight is 369 g/mol. The molecule has 0 radical (unpaired) electrons. The molecule has 3 rings (SSSR count). The minimum absolute atomic E-state index is 0.0214. The number of nitrogens with one attached hydrogen (secondary N) is 2. The lowest BCUT2D eigenvalue weighted by molar-refractivity contribution is 0.0314. The van der Waals surface area contributed by atoms with Crippen LogP contribution in [-0.2, 0) is 0 Å².